The molecule has 3 aromatic rings. The van der Waals surface area contributed by atoms with Gasteiger partial charge in [0, 0.05) is 18.2 Å². The third-order valence-corrected chi connectivity index (χ3v) is 6.49. The number of benzene rings is 3. The van der Waals surface area contributed by atoms with E-state index in [0.29, 0.717) is 29.7 Å². The van der Waals surface area contributed by atoms with Crippen molar-refractivity contribution in [3.8, 4) is 23.0 Å². The topological polar surface area (TPSA) is 62.2 Å². The molecule has 2 aliphatic heterocycles. The Hall–Kier alpha value is -3.25. The van der Waals surface area contributed by atoms with Gasteiger partial charge >= 0.3 is 0 Å². The Bertz CT molecular complexity index is 1050. The highest BCUT2D eigenvalue weighted by Gasteiger charge is 2.24. The third-order valence-electron chi connectivity index (χ3n) is 6.49. The van der Waals surface area contributed by atoms with E-state index in [1.807, 2.05) is 43.3 Å². The number of phenolic OH excluding ortho intramolecular Hbond substituents is 2. The molecule has 1 fully saturated rings. The molecule has 0 radical (unpaired) electrons. The van der Waals surface area contributed by atoms with E-state index in [4.69, 9.17) is 19.7 Å². The monoisotopic (exact) mass is 495 g/mol. The summed E-state index contributed by atoms with van der Waals surface area (Å²) in [5.74, 6) is 1.99. The molecule has 6 heteroatoms. The molecule has 2 heterocycles. The highest BCUT2D eigenvalue weighted by atomic mass is 19.1. The number of rotatable bonds is 4. The van der Waals surface area contributed by atoms with E-state index in [0.717, 1.165) is 24.7 Å². The molecule has 3 atom stereocenters. The number of aromatic hydroxyl groups is 2. The number of likely N-dealkylation sites (tertiary alicyclic amines) is 1. The fourth-order valence-electron chi connectivity index (χ4n) is 4.28. The number of nitrogens with zero attached hydrogens (tertiary/aromatic N) is 1. The summed E-state index contributed by atoms with van der Waals surface area (Å²) >= 11 is 0. The first kappa shape index (κ1) is 27.3. The first-order chi connectivity index (χ1) is 17.3. The van der Waals surface area contributed by atoms with Crippen molar-refractivity contribution in [3.05, 3.63) is 84.2 Å². The zero-order chi connectivity index (χ0) is 25.9. The van der Waals surface area contributed by atoms with Gasteiger partial charge in [0.2, 0.25) is 0 Å². The molecule has 0 bridgehead atoms. The smallest absolute Gasteiger partial charge is 0.171 e. The van der Waals surface area contributed by atoms with Crippen molar-refractivity contribution in [2.45, 2.75) is 45.6 Å². The molecule has 0 amide bonds. The van der Waals surface area contributed by atoms with Crippen LogP contribution in [0.1, 0.15) is 45.1 Å². The lowest BCUT2D eigenvalue weighted by Gasteiger charge is -2.24. The SMILES string of the molecule is CC(COc1ccccc1)N1CC[C@H](C)C1.C[C@H]1CCOc2ccc(O)c(F)c21.Oc1ccccc1. The molecule has 36 heavy (non-hydrogen) atoms. The predicted octanol–water partition coefficient (Wildman–Crippen LogP) is 6.61. The van der Waals surface area contributed by atoms with Crippen molar-refractivity contribution in [2.75, 3.05) is 26.3 Å². The minimum absolute atomic E-state index is 0.121. The van der Waals surface area contributed by atoms with E-state index >= 15 is 0 Å². The number of fused-ring (bicyclic) bond motifs is 1. The molecule has 0 saturated carbocycles. The molecule has 5 nitrogen and oxygen atoms in total. The molecule has 2 N–H and O–H groups in total. The standard InChI is InChI=1S/C14H21NO.C10H11FO2.C6H6O/c1-12-8-9-15(10-12)13(2)11-16-14-6-4-3-5-7-14;1-6-4-5-13-8-3-2-7(12)10(11)9(6)8;7-6-4-2-1-3-5-6/h3-7,12-13H,8-11H2,1-2H3;2-3,6,12H,4-5H2,1H3;1-5,7H/t12-,13?;6-;/m00./s1. The van der Waals surface area contributed by atoms with E-state index in [2.05, 4.69) is 18.7 Å². The number of hydrogen-bond acceptors (Lipinski definition) is 5. The summed E-state index contributed by atoms with van der Waals surface area (Å²) in [6, 6.07) is 22.2. The summed E-state index contributed by atoms with van der Waals surface area (Å²) in [5.41, 5.74) is 0.506. The van der Waals surface area contributed by atoms with Crippen molar-refractivity contribution in [3.63, 3.8) is 0 Å². The van der Waals surface area contributed by atoms with Gasteiger partial charge in [0.1, 0.15) is 23.9 Å². The second-order valence-electron chi connectivity index (χ2n) is 9.55. The van der Waals surface area contributed by atoms with Gasteiger partial charge in [-0.1, -0.05) is 50.2 Å². The van der Waals surface area contributed by atoms with Gasteiger partial charge in [0.25, 0.3) is 0 Å². The summed E-state index contributed by atoms with van der Waals surface area (Å²) in [4.78, 5) is 2.52. The van der Waals surface area contributed by atoms with Crippen LogP contribution < -0.4 is 9.47 Å². The normalized spacial score (nSPS) is 19.4. The number of phenols is 2. The van der Waals surface area contributed by atoms with Crippen LogP contribution in [0.4, 0.5) is 4.39 Å². The molecule has 5 rings (SSSR count). The maximum absolute atomic E-state index is 13.4. The molecule has 2 aliphatic rings. The van der Waals surface area contributed by atoms with Crippen LogP contribution in [0.2, 0.25) is 0 Å². The minimum atomic E-state index is -0.537. The van der Waals surface area contributed by atoms with Crippen LogP contribution in [0.15, 0.2) is 72.8 Å². The second-order valence-corrected chi connectivity index (χ2v) is 9.55. The van der Waals surface area contributed by atoms with Gasteiger partial charge < -0.3 is 19.7 Å². The van der Waals surface area contributed by atoms with Crippen molar-refractivity contribution in [1.29, 1.82) is 0 Å². The average molecular weight is 496 g/mol. The predicted molar refractivity (Wildman–Crippen MR) is 141 cm³/mol. The van der Waals surface area contributed by atoms with Gasteiger partial charge in [-0.3, -0.25) is 4.90 Å². The summed E-state index contributed by atoms with van der Waals surface area (Å²) < 4.78 is 24.5. The van der Waals surface area contributed by atoms with E-state index in [-0.39, 0.29) is 11.7 Å². The first-order valence-corrected chi connectivity index (χ1v) is 12.6. The van der Waals surface area contributed by atoms with Gasteiger partial charge in [-0.2, -0.15) is 0 Å². The van der Waals surface area contributed by atoms with E-state index < -0.39 is 5.82 Å². The zero-order valence-corrected chi connectivity index (χ0v) is 21.4. The molecular formula is C30H38FNO4. The molecule has 194 valence electrons. The summed E-state index contributed by atoms with van der Waals surface area (Å²) in [5, 5.41) is 17.8. The maximum Gasteiger partial charge on any atom is 0.171 e. The number of ether oxygens (including phenoxy) is 2. The Balaban J connectivity index is 0.000000162. The Kier molecular flexibility index (Phi) is 10.4. The molecule has 1 unspecified atom stereocenters. The first-order valence-electron chi connectivity index (χ1n) is 12.6. The maximum atomic E-state index is 13.4. The zero-order valence-electron chi connectivity index (χ0n) is 21.4. The Morgan fingerprint density at radius 2 is 1.64 bits per heavy atom. The van der Waals surface area contributed by atoms with Crippen LogP contribution >= 0.6 is 0 Å². The van der Waals surface area contributed by atoms with E-state index in [9.17, 15) is 4.39 Å². The molecule has 3 aromatic carbocycles. The van der Waals surface area contributed by atoms with Gasteiger partial charge in [-0.05, 0) is 74.5 Å². The van der Waals surface area contributed by atoms with Gasteiger partial charge in [0.05, 0.1) is 6.61 Å². The highest BCUT2D eigenvalue weighted by molar-refractivity contribution is 5.44. The second kappa shape index (κ2) is 13.7. The number of halogens is 1. The van der Waals surface area contributed by atoms with E-state index in [1.54, 1.807) is 30.3 Å². The summed E-state index contributed by atoms with van der Waals surface area (Å²) in [6.07, 6.45) is 2.13. The van der Waals surface area contributed by atoms with E-state index in [1.165, 1.54) is 25.6 Å². The average Bonchev–Trinajstić information content (AvgIpc) is 3.33. The van der Waals surface area contributed by atoms with Crippen LogP contribution in [0.25, 0.3) is 0 Å². The van der Waals surface area contributed by atoms with Crippen molar-refractivity contribution >= 4 is 0 Å². The van der Waals surface area contributed by atoms with Crippen LogP contribution in [0.3, 0.4) is 0 Å². The molecule has 0 aromatic heterocycles. The minimum Gasteiger partial charge on any atom is -0.508 e. The lowest BCUT2D eigenvalue weighted by Crippen LogP contribution is -2.35. The largest absolute Gasteiger partial charge is 0.508 e. The van der Waals surface area contributed by atoms with Crippen LogP contribution in [0, 0.1) is 11.7 Å². The van der Waals surface area contributed by atoms with Crippen molar-refractivity contribution in [2.24, 2.45) is 5.92 Å². The third kappa shape index (κ3) is 8.16. The number of hydrogen-bond donors (Lipinski definition) is 2. The highest BCUT2D eigenvalue weighted by Crippen LogP contribution is 2.38. The van der Waals surface area contributed by atoms with Crippen LogP contribution in [-0.4, -0.2) is 47.5 Å². The molecule has 1 saturated heterocycles. The van der Waals surface area contributed by atoms with Crippen LogP contribution in [-0.2, 0) is 0 Å². The van der Waals surface area contributed by atoms with Gasteiger partial charge in [-0.25, -0.2) is 4.39 Å². The molecular weight excluding hydrogens is 457 g/mol. The van der Waals surface area contributed by atoms with Gasteiger partial charge in [0.15, 0.2) is 11.6 Å². The molecule has 0 spiro atoms. The quantitative estimate of drug-likeness (QED) is 0.427. The van der Waals surface area contributed by atoms with Crippen molar-refractivity contribution in [1.82, 2.24) is 4.90 Å². The fraction of sp³-hybridized carbons (Fsp3) is 0.400. The lowest BCUT2D eigenvalue weighted by atomic mass is 9.94. The Labute approximate surface area is 214 Å². The lowest BCUT2D eigenvalue weighted by molar-refractivity contribution is 0.169. The Morgan fingerprint density at radius 1 is 0.972 bits per heavy atom. The summed E-state index contributed by atoms with van der Waals surface area (Å²) in [6.45, 7) is 10.4. The Morgan fingerprint density at radius 3 is 2.22 bits per heavy atom. The summed E-state index contributed by atoms with van der Waals surface area (Å²) in [7, 11) is 0. The van der Waals surface area contributed by atoms with Gasteiger partial charge in [-0.15, -0.1) is 0 Å². The van der Waals surface area contributed by atoms with Crippen LogP contribution in [0.5, 0.6) is 23.0 Å². The number of para-hydroxylation sites is 2. The fourth-order valence-corrected chi connectivity index (χ4v) is 4.28. The molecule has 0 aliphatic carbocycles. The van der Waals surface area contributed by atoms with Crippen molar-refractivity contribution < 1.29 is 24.1 Å².